The molecule has 0 radical (unpaired) electrons. The van der Waals surface area contributed by atoms with Crippen molar-refractivity contribution in [3.05, 3.63) is 69.5 Å². The Balaban J connectivity index is 1.68. The molecule has 1 saturated heterocycles. The third-order valence-corrected chi connectivity index (χ3v) is 4.52. The van der Waals surface area contributed by atoms with Gasteiger partial charge in [0.1, 0.15) is 5.82 Å². The number of carbonyl (C=O) groups is 1. The number of hydrogen-bond acceptors (Lipinski definition) is 4. The van der Waals surface area contributed by atoms with Gasteiger partial charge in [-0.1, -0.05) is 6.07 Å². The predicted octanol–water partition coefficient (Wildman–Crippen LogP) is 3.76. The Morgan fingerprint density at radius 3 is 2.69 bits per heavy atom. The van der Waals surface area contributed by atoms with Crippen LogP contribution in [-0.2, 0) is 0 Å². The quantitative estimate of drug-likeness (QED) is 0.668. The molecule has 0 spiro atoms. The maximum Gasteiger partial charge on any atom is 0.269 e. The van der Waals surface area contributed by atoms with Crippen molar-refractivity contribution < 1.29 is 14.1 Å². The molecule has 1 N–H and O–H groups in total. The van der Waals surface area contributed by atoms with Crippen molar-refractivity contribution in [2.24, 2.45) is 0 Å². The normalized spacial score (nSPS) is 17.0. The molecule has 0 aromatic heterocycles. The van der Waals surface area contributed by atoms with Crippen LogP contribution in [0.15, 0.2) is 42.5 Å². The van der Waals surface area contributed by atoms with Crippen LogP contribution >= 0.6 is 0 Å². The van der Waals surface area contributed by atoms with E-state index < -0.39 is 4.92 Å². The van der Waals surface area contributed by atoms with Crippen LogP contribution in [0.25, 0.3) is 0 Å². The zero-order valence-corrected chi connectivity index (χ0v) is 14.4. The number of amides is 1. The first kappa shape index (κ1) is 17.8. The van der Waals surface area contributed by atoms with E-state index in [4.69, 9.17) is 0 Å². The standard InChI is InChI=1S/C19H20FN3O3/c1-13-4-9-17(20)18(11-13)21-15-3-2-10-22(12-15)19(24)14-5-7-16(8-6-14)23(25)26/h4-9,11,15,21H,2-3,10,12H2,1H3/t15-/m0/s1. The van der Waals surface area contributed by atoms with Crippen LogP contribution < -0.4 is 5.32 Å². The van der Waals surface area contributed by atoms with Crippen molar-refractivity contribution >= 4 is 17.3 Å². The van der Waals surface area contributed by atoms with E-state index in [1.807, 2.05) is 6.92 Å². The molecule has 1 fully saturated rings. The van der Waals surface area contributed by atoms with Gasteiger partial charge < -0.3 is 10.2 Å². The van der Waals surface area contributed by atoms with E-state index in [0.29, 0.717) is 24.3 Å². The zero-order valence-electron chi connectivity index (χ0n) is 14.4. The second kappa shape index (κ2) is 7.51. The number of anilines is 1. The van der Waals surface area contributed by atoms with Gasteiger partial charge in [-0.05, 0) is 49.6 Å². The number of aryl methyl sites for hydroxylation is 1. The van der Waals surface area contributed by atoms with Gasteiger partial charge in [-0.2, -0.15) is 0 Å². The highest BCUT2D eigenvalue weighted by Crippen LogP contribution is 2.22. The van der Waals surface area contributed by atoms with E-state index in [-0.39, 0.29) is 23.5 Å². The van der Waals surface area contributed by atoms with Gasteiger partial charge in [0, 0.05) is 36.8 Å². The molecule has 136 valence electrons. The minimum Gasteiger partial charge on any atom is -0.378 e. The third-order valence-electron chi connectivity index (χ3n) is 4.52. The summed E-state index contributed by atoms with van der Waals surface area (Å²) in [6.45, 7) is 2.98. The molecule has 3 rings (SSSR count). The first-order valence-electron chi connectivity index (χ1n) is 8.50. The summed E-state index contributed by atoms with van der Waals surface area (Å²) in [5, 5.41) is 13.9. The van der Waals surface area contributed by atoms with Crippen molar-refractivity contribution in [2.75, 3.05) is 18.4 Å². The number of nitro benzene ring substituents is 1. The van der Waals surface area contributed by atoms with Crippen LogP contribution in [0.1, 0.15) is 28.8 Å². The fraction of sp³-hybridized carbons (Fsp3) is 0.316. The smallest absolute Gasteiger partial charge is 0.269 e. The molecule has 1 aliphatic heterocycles. The van der Waals surface area contributed by atoms with Gasteiger partial charge in [0.15, 0.2) is 0 Å². The summed E-state index contributed by atoms with van der Waals surface area (Å²) in [6.07, 6.45) is 1.65. The Labute approximate surface area is 150 Å². The lowest BCUT2D eigenvalue weighted by atomic mass is 10.0. The zero-order chi connectivity index (χ0) is 18.7. The predicted molar refractivity (Wildman–Crippen MR) is 96.8 cm³/mol. The van der Waals surface area contributed by atoms with Gasteiger partial charge in [0.2, 0.25) is 0 Å². The number of nitrogens with one attached hydrogen (secondary N) is 1. The molecule has 0 unspecified atom stereocenters. The Morgan fingerprint density at radius 2 is 2.00 bits per heavy atom. The maximum absolute atomic E-state index is 14.0. The van der Waals surface area contributed by atoms with Crippen LogP contribution in [-0.4, -0.2) is 34.9 Å². The summed E-state index contributed by atoms with van der Waals surface area (Å²) in [6, 6.07) is 10.5. The second-order valence-electron chi connectivity index (χ2n) is 6.52. The average Bonchev–Trinajstić information content (AvgIpc) is 2.64. The maximum atomic E-state index is 14.0. The van der Waals surface area contributed by atoms with Crippen molar-refractivity contribution in [3.63, 3.8) is 0 Å². The molecule has 1 amide bonds. The van der Waals surface area contributed by atoms with Crippen LogP contribution in [0.4, 0.5) is 15.8 Å². The molecule has 2 aromatic rings. The van der Waals surface area contributed by atoms with E-state index in [0.717, 1.165) is 18.4 Å². The lowest BCUT2D eigenvalue weighted by Crippen LogP contribution is -2.45. The first-order valence-corrected chi connectivity index (χ1v) is 8.50. The van der Waals surface area contributed by atoms with Gasteiger partial charge in [-0.3, -0.25) is 14.9 Å². The Hall–Kier alpha value is -2.96. The van der Waals surface area contributed by atoms with Crippen LogP contribution in [0, 0.1) is 22.9 Å². The summed E-state index contributed by atoms with van der Waals surface area (Å²) in [4.78, 5) is 24.6. The molecule has 0 aliphatic carbocycles. The first-order chi connectivity index (χ1) is 12.4. The van der Waals surface area contributed by atoms with Crippen LogP contribution in [0.3, 0.4) is 0 Å². The summed E-state index contributed by atoms with van der Waals surface area (Å²) in [5.74, 6) is -0.481. The lowest BCUT2D eigenvalue weighted by molar-refractivity contribution is -0.384. The highest BCUT2D eigenvalue weighted by molar-refractivity contribution is 5.94. The Bertz CT molecular complexity index is 823. The minimum absolute atomic E-state index is 0.0398. The third kappa shape index (κ3) is 3.99. The number of carbonyl (C=O) groups excluding carboxylic acids is 1. The van der Waals surface area contributed by atoms with Crippen LogP contribution in [0.5, 0.6) is 0 Å². The highest BCUT2D eigenvalue weighted by atomic mass is 19.1. The lowest BCUT2D eigenvalue weighted by Gasteiger charge is -2.34. The summed E-state index contributed by atoms with van der Waals surface area (Å²) in [7, 11) is 0. The molecule has 1 aliphatic rings. The van der Waals surface area contributed by atoms with Gasteiger partial charge in [0.05, 0.1) is 10.6 Å². The molecule has 2 aromatic carbocycles. The van der Waals surface area contributed by atoms with Gasteiger partial charge in [-0.15, -0.1) is 0 Å². The average molecular weight is 357 g/mol. The number of nitrogens with zero attached hydrogens (tertiary/aromatic N) is 2. The molecule has 26 heavy (non-hydrogen) atoms. The SMILES string of the molecule is Cc1ccc(F)c(N[C@H]2CCCN(C(=O)c3ccc([N+](=O)[O-])cc3)C2)c1. The van der Waals surface area contributed by atoms with Gasteiger partial charge >= 0.3 is 0 Å². The molecule has 0 bridgehead atoms. The Morgan fingerprint density at radius 1 is 1.27 bits per heavy atom. The van der Waals surface area contributed by atoms with Crippen LogP contribution in [0.2, 0.25) is 0 Å². The number of hydrogen-bond donors (Lipinski definition) is 1. The van der Waals surface area contributed by atoms with E-state index in [2.05, 4.69) is 5.32 Å². The number of likely N-dealkylation sites (tertiary alicyclic amines) is 1. The monoisotopic (exact) mass is 357 g/mol. The van der Waals surface area contributed by atoms with Gasteiger partial charge in [-0.25, -0.2) is 4.39 Å². The molecular formula is C19H20FN3O3. The topological polar surface area (TPSA) is 75.5 Å². The van der Waals surface area contributed by atoms with E-state index in [1.54, 1.807) is 17.0 Å². The van der Waals surface area contributed by atoms with Crippen molar-refractivity contribution in [3.8, 4) is 0 Å². The summed E-state index contributed by atoms with van der Waals surface area (Å²) in [5.41, 5.74) is 1.77. The number of piperidine rings is 1. The molecule has 1 atom stereocenters. The van der Waals surface area contributed by atoms with E-state index in [9.17, 15) is 19.3 Å². The number of benzene rings is 2. The number of halogens is 1. The second-order valence-corrected chi connectivity index (χ2v) is 6.52. The Kier molecular flexibility index (Phi) is 5.16. The fourth-order valence-corrected chi connectivity index (χ4v) is 3.16. The van der Waals surface area contributed by atoms with E-state index in [1.165, 1.54) is 30.3 Å². The van der Waals surface area contributed by atoms with Crippen molar-refractivity contribution in [2.45, 2.75) is 25.8 Å². The highest BCUT2D eigenvalue weighted by Gasteiger charge is 2.25. The van der Waals surface area contributed by atoms with Crippen molar-refractivity contribution in [1.82, 2.24) is 4.90 Å². The molecular weight excluding hydrogens is 337 g/mol. The largest absolute Gasteiger partial charge is 0.378 e. The van der Waals surface area contributed by atoms with Gasteiger partial charge in [0.25, 0.3) is 11.6 Å². The van der Waals surface area contributed by atoms with E-state index >= 15 is 0 Å². The number of nitro groups is 1. The summed E-state index contributed by atoms with van der Waals surface area (Å²) < 4.78 is 14.0. The minimum atomic E-state index is -0.495. The molecule has 6 nitrogen and oxygen atoms in total. The summed E-state index contributed by atoms with van der Waals surface area (Å²) >= 11 is 0. The molecule has 1 heterocycles. The molecule has 0 saturated carbocycles. The number of non-ortho nitro benzene ring substituents is 1. The van der Waals surface area contributed by atoms with Crippen molar-refractivity contribution in [1.29, 1.82) is 0 Å². The number of rotatable bonds is 4. The fourth-order valence-electron chi connectivity index (χ4n) is 3.16. The molecule has 7 heteroatoms.